The highest BCUT2D eigenvalue weighted by Gasteiger charge is 2.20. The Labute approximate surface area is 101 Å². The number of rotatable bonds is 2. The third kappa shape index (κ3) is 3.27. The maximum Gasteiger partial charge on any atom is 0.299 e. The van der Waals surface area contributed by atoms with Crippen LogP contribution in [0, 0.1) is 20.2 Å². The highest BCUT2D eigenvalue weighted by Crippen LogP contribution is 2.29. The zero-order valence-corrected chi connectivity index (χ0v) is 9.02. The molecule has 0 amide bonds. The van der Waals surface area contributed by atoms with Crippen molar-refractivity contribution in [3.8, 4) is 0 Å². The van der Waals surface area contributed by atoms with Crippen LogP contribution in [0.1, 0.15) is 0 Å². The lowest BCUT2D eigenvalue weighted by atomic mass is 10.2. The van der Waals surface area contributed by atoms with Gasteiger partial charge in [0.1, 0.15) is 0 Å². The summed E-state index contributed by atoms with van der Waals surface area (Å²) in [6.45, 7) is 0. The van der Waals surface area contributed by atoms with Gasteiger partial charge in [0.25, 0.3) is 11.4 Å². The fourth-order valence-corrected chi connectivity index (χ4v) is 1.07. The summed E-state index contributed by atoms with van der Waals surface area (Å²) in [6.07, 6.45) is 3.46. The Hall–Kier alpha value is -2.97. The minimum atomic E-state index is -0.762. The summed E-state index contributed by atoms with van der Waals surface area (Å²) in [5, 5.41) is 26.8. The van der Waals surface area contributed by atoms with E-state index in [0.717, 1.165) is 12.1 Å². The molecule has 18 heavy (non-hydrogen) atoms. The van der Waals surface area contributed by atoms with Crippen LogP contribution in [0.4, 0.5) is 17.1 Å². The Bertz CT molecular complexity index is 490. The molecule has 94 valence electrons. The zero-order chi connectivity index (χ0) is 13.5. The molecule has 1 aromatic carbocycles. The molecule has 0 fully saturated rings. The van der Waals surface area contributed by atoms with E-state index in [1.54, 1.807) is 12.4 Å². The lowest BCUT2D eigenvalue weighted by Gasteiger charge is -1.96. The van der Waals surface area contributed by atoms with Crippen LogP contribution >= 0.6 is 0 Å². The van der Waals surface area contributed by atoms with Crippen LogP contribution in [0.2, 0.25) is 0 Å². The Morgan fingerprint density at radius 3 is 1.94 bits per heavy atom. The van der Waals surface area contributed by atoms with Crippen LogP contribution in [0.25, 0.3) is 0 Å². The van der Waals surface area contributed by atoms with Gasteiger partial charge in [-0.2, -0.15) is 5.10 Å². The van der Waals surface area contributed by atoms with Crippen LogP contribution in [-0.4, -0.2) is 20.0 Å². The summed E-state index contributed by atoms with van der Waals surface area (Å²) in [6, 6.07) is 5.28. The van der Waals surface area contributed by atoms with Gasteiger partial charge in [0.05, 0.1) is 9.85 Å². The molecule has 3 N–H and O–H groups in total. The Kier molecular flexibility index (Phi) is 4.32. The first-order valence-corrected chi connectivity index (χ1v) is 4.65. The van der Waals surface area contributed by atoms with Crippen molar-refractivity contribution < 1.29 is 9.85 Å². The van der Waals surface area contributed by atoms with Gasteiger partial charge in [-0.05, 0) is 12.1 Å². The Balaban J connectivity index is 0.000000269. The fourth-order valence-electron chi connectivity index (χ4n) is 1.07. The molecule has 9 nitrogen and oxygen atoms in total. The summed E-state index contributed by atoms with van der Waals surface area (Å²) < 4.78 is 0. The summed E-state index contributed by atoms with van der Waals surface area (Å²) in [5.41, 5.74) is 3.88. The molecule has 2 aromatic rings. The standard InChI is InChI=1S/C6H5N3O4.C3H4N2/c7-6-4(8(10)11)2-1-3-5(6)9(12)13;1-2-4-5-3-1/h1-3H,7H2;1-3H,(H,4,5). The van der Waals surface area contributed by atoms with E-state index in [4.69, 9.17) is 5.73 Å². The molecule has 2 rings (SSSR count). The SMILES string of the molecule is Nc1c([N+](=O)[O-])cccc1[N+](=O)[O-].c1cn[nH]c1. The van der Waals surface area contributed by atoms with Gasteiger partial charge in [0.15, 0.2) is 5.69 Å². The molecule has 1 aromatic heterocycles. The maximum absolute atomic E-state index is 10.3. The van der Waals surface area contributed by atoms with E-state index in [0.29, 0.717) is 0 Å². The largest absolute Gasteiger partial charge is 0.388 e. The number of nitrogen functional groups attached to an aromatic ring is 1. The average molecular weight is 251 g/mol. The number of hydrogen-bond donors (Lipinski definition) is 2. The van der Waals surface area contributed by atoms with Crippen LogP contribution < -0.4 is 5.73 Å². The monoisotopic (exact) mass is 251 g/mol. The lowest BCUT2D eigenvalue weighted by Crippen LogP contribution is -2.00. The molecule has 0 atom stereocenters. The molecular weight excluding hydrogens is 242 g/mol. The normalized spacial score (nSPS) is 9.11. The minimum Gasteiger partial charge on any atom is -0.388 e. The van der Waals surface area contributed by atoms with E-state index in [-0.39, 0.29) is 0 Å². The van der Waals surface area contributed by atoms with Gasteiger partial charge in [0, 0.05) is 24.5 Å². The van der Waals surface area contributed by atoms with E-state index >= 15 is 0 Å². The molecule has 0 saturated heterocycles. The van der Waals surface area contributed by atoms with Gasteiger partial charge >= 0.3 is 0 Å². The number of para-hydroxylation sites is 1. The van der Waals surface area contributed by atoms with Crippen LogP contribution in [0.3, 0.4) is 0 Å². The van der Waals surface area contributed by atoms with E-state index < -0.39 is 26.9 Å². The average Bonchev–Trinajstić information content (AvgIpc) is 2.87. The van der Waals surface area contributed by atoms with Crippen molar-refractivity contribution in [2.75, 3.05) is 5.73 Å². The molecule has 0 aliphatic rings. The smallest absolute Gasteiger partial charge is 0.299 e. The van der Waals surface area contributed by atoms with Gasteiger partial charge in [-0.25, -0.2) is 0 Å². The van der Waals surface area contributed by atoms with Crippen molar-refractivity contribution in [2.45, 2.75) is 0 Å². The quantitative estimate of drug-likeness (QED) is 0.470. The maximum atomic E-state index is 10.3. The predicted molar refractivity (Wildman–Crippen MR) is 62.8 cm³/mol. The van der Waals surface area contributed by atoms with Crippen LogP contribution in [0.5, 0.6) is 0 Å². The second-order valence-corrected chi connectivity index (χ2v) is 2.99. The van der Waals surface area contributed by atoms with Crippen molar-refractivity contribution in [2.24, 2.45) is 0 Å². The van der Waals surface area contributed by atoms with Crippen molar-refractivity contribution >= 4 is 17.1 Å². The highest BCUT2D eigenvalue weighted by atomic mass is 16.6. The molecule has 0 aliphatic heterocycles. The number of aromatic amines is 1. The first kappa shape index (κ1) is 13.1. The van der Waals surface area contributed by atoms with E-state index in [2.05, 4.69) is 10.2 Å². The molecule has 1 heterocycles. The van der Waals surface area contributed by atoms with Gasteiger partial charge in [-0.1, -0.05) is 0 Å². The number of benzene rings is 1. The van der Waals surface area contributed by atoms with E-state index in [1.165, 1.54) is 6.07 Å². The minimum absolute atomic E-state index is 0.419. The third-order valence-corrected chi connectivity index (χ3v) is 1.86. The number of nitrogens with zero attached hydrogens (tertiary/aromatic N) is 3. The number of hydrogen-bond acceptors (Lipinski definition) is 6. The first-order chi connectivity index (χ1) is 8.54. The van der Waals surface area contributed by atoms with E-state index in [9.17, 15) is 20.2 Å². The molecule has 9 heteroatoms. The Morgan fingerprint density at radius 2 is 1.67 bits per heavy atom. The summed E-state index contributed by atoms with van der Waals surface area (Å²) in [7, 11) is 0. The van der Waals surface area contributed by atoms with Gasteiger partial charge in [-0.15, -0.1) is 0 Å². The second-order valence-electron chi connectivity index (χ2n) is 2.99. The third-order valence-electron chi connectivity index (χ3n) is 1.86. The van der Waals surface area contributed by atoms with Crippen molar-refractivity contribution in [1.29, 1.82) is 0 Å². The topological polar surface area (TPSA) is 141 Å². The fraction of sp³-hybridized carbons (Fsp3) is 0. The number of nitro benzene ring substituents is 2. The molecule has 0 aliphatic carbocycles. The number of nitrogens with two attached hydrogens (primary N) is 1. The van der Waals surface area contributed by atoms with Gasteiger partial charge < -0.3 is 5.73 Å². The molecular formula is C9H9N5O4. The zero-order valence-electron chi connectivity index (χ0n) is 9.02. The van der Waals surface area contributed by atoms with Gasteiger partial charge in [-0.3, -0.25) is 25.3 Å². The molecule has 0 radical (unpaired) electrons. The molecule has 0 bridgehead atoms. The Morgan fingerprint density at radius 1 is 1.11 bits per heavy atom. The summed E-state index contributed by atoms with van der Waals surface area (Å²) in [4.78, 5) is 19.1. The predicted octanol–water partition coefficient (Wildman–Crippen LogP) is 1.49. The molecule has 0 saturated carbocycles. The number of nitrogens with one attached hydrogen (secondary N) is 1. The van der Waals surface area contributed by atoms with Crippen molar-refractivity contribution in [3.63, 3.8) is 0 Å². The van der Waals surface area contributed by atoms with E-state index in [1.807, 2.05) is 6.07 Å². The van der Waals surface area contributed by atoms with Crippen LogP contribution in [0.15, 0.2) is 36.7 Å². The number of nitro groups is 2. The first-order valence-electron chi connectivity index (χ1n) is 4.65. The lowest BCUT2D eigenvalue weighted by molar-refractivity contribution is -0.392. The van der Waals surface area contributed by atoms with Crippen LogP contribution in [-0.2, 0) is 0 Å². The number of H-pyrrole nitrogens is 1. The highest BCUT2D eigenvalue weighted by molar-refractivity contribution is 5.70. The second kappa shape index (κ2) is 5.94. The van der Waals surface area contributed by atoms with Gasteiger partial charge in [0.2, 0.25) is 0 Å². The number of anilines is 1. The number of aromatic nitrogens is 2. The van der Waals surface area contributed by atoms with Crippen molar-refractivity contribution in [1.82, 2.24) is 10.2 Å². The van der Waals surface area contributed by atoms with Crippen molar-refractivity contribution in [3.05, 3.63) is 56.9 Å². The molecule has 0 spiro atoms. The summed E-state index contributed by atoms with van der Waals surface area (Å²) in [5.74, 6) is 0. The summed E-state index contributed by atoms with van der Waals surface area (Å²) >= 11 is 0. The molecule has 0 unspecified atom stereocenters.